The summed E-state index contributed by atoms with van der Waals surface area (Å²) in [5.74, 6) is -0.379. The highest BCUT2D eigenvalue weighted by atomic mass is 79.9. The number of benzene rings is 1. The van der Waals surface area contributed by atoms with E-state index in [0.29, 0.717) is 10.0 Å². The van der Waals surface area contributed by atoms with Gasteiger partial charge in [0.15, 0.2) is 0 Å². The van der Waals surface area contributed by atoms with Gasteiger partial charge in [0, 0.05) is 13.0 Å². The standard InChI is InChI=1S/C13H18BrF2N/c1-12(2,3)13(16,8-17)7-9-5-4-6-10(15)11(9)14/h4-6H,7-8,17H2,1-3H3. The van der Waals surface area contributed by atoms with E-state index in [1.54, 1.807) is 32.9 Å². The molecule has 0 saturated carbocycles. The van der Waals surface area contributed by atoms with Crippen molar-refractivity contribution in [3.63, 3.8) is 0 Å². The van der Waals surface area contributed by atoms with Gasteiger partial charge in [0.25, 0.3) is 0 Å². The Kier molecular flexibility index (Phi) is 4.31. The molecule has 2 N–H and O–H groups in total. The summed E-state index contributed by atoms with van der Waals surface area (Å²) in [6, 6.07) is 4.63. The normalized spacial score (nSPS) is 15.7. The zero-order valence-electron chi connectivity index (χ0n) is 10.4. The molecule has 96 valence electrons. The maximum atomic E-state index is 14.8. The first-order chi connectivity index (χ1) is 7.71. The number of nitrogens with two attached hydrogens (primary N) is 1. The molecule has 0 aliphatic heterocycles. The van der Waals surface area contributed by atoms with Gasteiger partial charge in [-0.3, -0.25) is 0 Å². The van der Waals surface area contributed by atoms with Crippen LogP contribution in [0.4, 0.5) is 8.78 Å². The average molecular weight is 306 g/mol. The van der Waals surface area contributed by atoms with Gasteiger partial charge in [-0.15, -0.1) is 0 Å². The Labute approximate surface area is 110 Å². The van der Waals surface area contributed by atoms with Gasteiger partial charge in [-0.1, -0.05) is 32.9 Å². The second kappa shape index (κ2) is 5.02. The van der Waals surface area contributed by atoms with Crippen LogP contribution >= 0.6 is 15.9 Å². The third kappa shape index (κ3) is 3.05. The largest absolute Gasteiger partial charge is 0.327 e. The van der Waals surface area contributed by atoms with Crippen LogP contribution in [-0.2, 0) is 6.42 Å². The van der Waals surface area contributed by atoms with Crippen molar-refractivity contribution in [2.24, 2.45) is 11.1 Å². The lowest BCUT2D eigenvalue weighted by atomic mass is 9.74. The smallest absolute Gasteiger partial charge is 0.137 e. The zero-order chi connectivity index (χ0) is 13.3. The molecule has 1 atom stereocenters. The maximum Gasteiger partial charge on any atom is 0.137 e. The summed E-state index contributed by atoms with van der Waals surface area (Å²) < 4.78 is 28.4. The van der Waals surface area contributed by atoms with Crippen LogP contribution in [0.25, 0.3) is 0 Å². The fraction of sp³-hybridized carbons (Fsp3) is 0.538. The molecule has 0 aromatic heterocycles. The number of rotatable bonds is 3. The minimum atomic E-state index is -1.55. The van der Waals surface area contributed by atoms with Gasteiger partial charge in [-0.25, -0.2) is 8.78 Å². The predicted octanol–water partition coefficient (Wildman–Crippen LogP) is 3.84. The third-order valence-electron chi connectivity index (χ3n) is 3.17. The van der Waals surface area contributed by atoms with Crippen LogP contribution in [0, 0.1) is 11.2 Å². The van der Waals surface area contributed by atoms with Crippen LogP contribution in [0.3, 0.4) is 0 Å². The number of halogens is 3. The van der Waals surface area contributed by atoms with E-state index in [1.165, 1.54) is 6.07 Å². The zero-order valence-corrected chi connectivity index (χ0v) is 11.9. The molecule has 4 heteroatoms. The molecule has 0 saturated heterocycles. The van der Waals surface area contributed by atoms with Crippen molar-refractivity contribution in [3.05, 3.63) is 34.1 Å². The predicted molar refractivity (Wildman–Crippen MR) is 70.2 cm³/mol. The quantitative estimate of drug-likeness (QED) is 0.902. The van der Waals surface area contributed by atoms with Gasteiger partial charge >= 0.3 is 0 Å². The number of alkyl halides is 1. The summed E-state index contributed by atoms with van der Waals surface area (Å²) in [4.78, 5) is 0. The molecule has 0 bridgehead atoms. The molecule has 0 aliphatic carbocycles. The summed E-state index contributed by atoms with van der Waals surface area (Å²) in [7, 11) is 0. The lowest BCUT2D eigenvalue weighted by Gasteiger charge is -2.37. The van der Waals surface area contributed by atoms with Crippen molar-refractivity contribution in [1.82, 2.24) is 0 Å². The van der Waals surface area contributed by atoms with Crippen molar-refractivity contribution in [1.29, 1.82) is 0 Å². The summed E-state index contributed by atoms with van der Waals surface area (Å²) in [5.41, 5.74) is 4.01. The van der Waals surface area contributed by atoms with Crippen LogP contribution in [0.5, 0.6) is 0 Å². The number of hydrogen-bond donors (Lipinski definition) is 1. The van der Waals surface area contributed by atoms with E-state index >= 15 is 0 Å². The summed E-state index contributed by atoms with van der Waals surface area (Å²) in [6.45, 7) is 5.31. The van der Waals surface area contributed by atoms with Gasteiger partial charge in [0.05, 0.1) is 4.47 Å². The molecule has 1 nitrogen and oxygen atoms in total. The molecule has 0 spiro atoms. The molecule has 0 heterocycles. The van der Waals surface area contributed by atoms with Crippen molar-refractivity contribution < 1.29 is 8.78 Å². The van der Waals surface area contributed by atoms with Crippen molar-refractivity contribution >= 4 is 15.9 Å². The molecule has 0 fully saturated rings. The van der Waals surface area contributed by atoms with Crippen LogP contribution in [0.15, 0.2) is 22.7 Å². The molecule has 1 unspecified atom stereocenters. The first kappa shape index (κ1) is 14.6. The monoisotopic (exact) mass is 305 g/mol. The molecular weight excluding hydrogens is 288 g/mol. The minimum Gasteiger partial charge on any atom is -0.327 e. The van der Waals surface area contributed by atoms with Gasteiger partial charge in [-0.05, 0) is 33.0 Å². The van der Waals surface area contributed by atoms with Gasteiger partial charge in [-0.2, -0.15) is 0 Å². The van der Waals surface area contributed by atoms with Crippen LogP contribution in [0.2, 0.25) is 0 Å². The lowest BCUT2D eigenvalue weighted by Crippen LogP contribution is -2.47. The molecule has 0 radical (unpaired) electrons. The highest BCUT2D eigenvalue weighted by Crippen LogP contribution is 2.38. The molecule has 17 heavy (non-hydrogen) atoms. The molecule has 1 aromatic rings. The average Bonchev–Trinajstić information content (AvgIpc) is 2.23. The SMILES string of the molecule is CC(C)(C)C(F)(CN)Cc1cccc(F)c1Br. The van der Waals surface area contributed by atoms with Crippen molar-refractivity contribution in [2.75, 3.05) is 6.54 Å². The van der Waals surface area contributed by atoms with E-state index in [-0.39, 0.29) is 18.8 Å². The van der Waals surface area contributed by atoms with Gasteiger partial charge in [0.2, 0.25) is 0 Å². The van der Waals surface area contributed by atoms with E-state index in [1.807, 2.05) is 0 Å². The fourth-order valence-corrected chi connectivity index (χ4v) is 2.03. The molecule has 0 aliphatic rings. The van der Waals surface area contributed by atoms with Gasteiger partial charge in [0.1, 0.15) is 11.5 Å². The fourth-order valence-electron chi connectivity index (χ4n) is 1.63. The summed E-state index contributed by atoms with van der Waals surface area (Å²) in [6.07, 6.45) is 0.103. The Morgan fingerprint density at radius 2 is 1.88 bits per heavy atom. The van der Waals surface area contributed by atoms with E-state index < -0.39 is 11.1 Å². The Bertz CT molecular complexity index is 401. The van der Waals surface area contributed by atoms with Crippen LogP contribution in [-0.4, -0.2) is 12.2 Å². The summed E-state index contributed by atoms with van der Waals surface area (Å²) in [5, 5.41) is 0. The first-order valence-electron chi connectivity index (χ1n) is 5.53. The topological polar surface area (TPSA) is 26.0 Å². The minimum absolute atomic E-state index is 0.0839. The highest BCUT2D eigenvalue weighted by Gasteiger charge is 2.41. The number of hydrogen-bond acceptors (Lipinski definition) is 1. The van der Waals surface area contributed by atoms with Crippen LogP contribution in [0.1, 0.15) is 26.3 Å². The van der Waals surface area contributed by atoms with E-state index in [2.05, 4.69) is 15.9 Å². The van der Waals surface area contributed by atoms with Crippen molar-refractivity contribution in [2.45, 2.75) is 32.9 Å². The second-order valence-electron chi connectivity index (χ2n) is 5.31. The highest BCUT2D eigenvalue weighted by molar-refractivity contribution is 9.10. The second-order valence-corrected chi connectivity index (χ2v) is 6.10. The Morgan fingerprint density at radius 3 is 2.35 bits per heavy atom. The Hall–Kier alpha value is -0.480. The summed E-state index contributed by atoms with van der Waals surface area (Å²) >= 11 is 3.15. The maximum absolute atomic E-state index is 14.8. The Balaban J connectivity index is 3.08. The van der Waals surface area contributed by atoms with E-state index in [9.17, 15) is 8.78 Å². The third-order valence-corrected chi connectivity index (χ3v) is 4.06. The van der Waals surface area contributed by atoms with E-state index in [0.717, 1.165) is 0 Å². The van der Waals surface area contributed by atoms with Gasteiger partial charge < -0.3 is 5.73 Å². The van der Waals surface area contributed by atoms with E-state index in [4.69, 9.17) is 5.73 Å². The molecule has 0 amide bonds. The molecule has 1 aromatic carbocycles. The molecular formula is C13H18BrF2N. The van der Waals surface area contributed by atoms with Crippen molar-refractivity contribution in [3.8, 4) is 0 Å². The first-order valence-corrected chi connectivity index (χ1v) is 6.32. The Morgan fingerprint density at radius 1 is 1.29 bits per heavy atom. The lowest BCUT2D eigenvalue weighted by molar-refractivity contribution is 0.0380. The van der Waals surface area contributed by atoms with Crippen LogP contribution < -0.4 is 5.73 Å². The molecule has 1 rings (SSSR count).